The third kappa shape index (κ3) is 4.65. The number of aromatic nitrogens is 1. The summed E-state index contributed by atoms with van der Waals surface area (Å²) in [5, 5.41) is 9.76. The number of thiocarbonyl (C=S) groups is 1. The molecule has 0 aliphatic carbocycles. The molecular formula is C26H28FN5O2S2. The summed E-state index contributed by atoms with van der Waals surface area (Å²) in [5.41, 5.74) is 1.93. The van der Waals surface area contributed by atoms with Crippen molar-refractivity contribution in [3.63, 3.8) is 0 Å². The first-order valence-electron chi connectivity index (χ1n) is 11.9. The fourth-order valence-electron chi connectivity index (χ4n) is 4.66. The van der Waals surface area contributed by atoms with E-state index in [0.29, 0.717) is 58.9 Å². The van der Waals surface area contributed by atoms with Gasteiger partial charge < -0.3 is 9.80 Å². The summed E-state index contributed by atoms with van der Waals surface area (Å²) in [6.07, 6.45) is 1.78. The molecule has 36 heavy (non-hydrogen) atoms. The molecule has 1 aromatic heterocycles. The van der Waals surface area contributed by atoms with Crippen LogP contribution in [-0.4, -0.2) is 51.9 Å². The molecule has 0 radical (unpaired) electrons. The van der Waals surface area contributed by atoms with Gasteiger partial charge in [0.2, 0.25) is 0 Å². The van der Waals surface area contributed by atoms with Gasteiger partial charge in [-0.05, 0) is 63.6 Å². The third-order valence-corrected chi connectivity index (χ3v) is 7.88. The first-order chi connectivity index (χ1) is 17.2. The van der Waals surface area contributed by atoms with Crippen LogP contribution in [0, 0.1) is 24.1 Å². The number of hydrogen-bond donors (Lipinski definition) is 0. The summed E-state index contributed by atoms with van der Waals surface area (Å²) < 4.78 is 15.5. The van der Waals surface area contributed by atoms with Crippen molar-refractivity contribution < 1.29 is 9.18 Å². The Morgan fingerprint density at radius 2 is 1.75 bits per heavy atom. The lowest BCUT2D eigenvalue weighted by Gasteiger charge is -2.39. The summed E-state index contributed by atoms with van der Waals surface area (Å²) in [6, 6.07) is 8.43. The van der Waals surface area contributed by atoms with Crippen molar-refractivity contribution >= 4 is 51.8 Å². The van der Waals surface area contributed by atoms with E-state index in [2.05, 4.69) is 15.9 Å². The molecule has 4 rings (SSSR count). The largest absolute Gasteiger partial charge is 0.368 e. The Hall–Kier alpha value is -3.16. The molecule has 0 saturated carbocycles. The van der Waals surface area contributed by atoms with Crippen LogP contribution in [0.3, 0.4) is 0 Å². The molecule has 1 amide bonds. The van der Waals surface area contributed by atoms with Gasteiger partial charge >= 0.3 is 0 Å². The maximum absolute atomic E-state index is 13.4. The van der Waals surface area contributed by atoms with Gasteiger partial charge in [-0.15, -0.1) is 0 Å². The van der Waals surface area contributed by atoms with Crippen LogP contribution in [0.15, 0.2) is 34.0 Å². The normalized spacial score (nSPS) is 17.5. The minimum absolute atomic E-state index is 0.0669. The van der Waals surface area contributed by atoms with E-state index in [1.54, 1.807) is 34.6 Å². The van der Waals surface area contributed by atoms with Crippen LogP contribution in [0.4, 0.5) is 15.9 Å². The van der Waals surface area contributed by atoms with Crippen LogP contribution in [0.5, 0.6) is 0 Å². The number of pyridine rings is 1. The second-order valence-corrected chi connectivity index (χ2v) is 10.7. The first-order valence-corrected chi connectivity index (χ1v) is 13.1. The number of amides is 1. The standard InChI is InChI=1S/C26H28FN5O2S2/c1-5-31-23(30-12-10-29(11-13-30)19-8-6-18(27)7-9-19)20(17(4)21(15-28)24(31)33)14-22-25(34)32(16(2)3)26(35)36-22/h6-9,14,16H,5,10-13H2,1-4H3. The van der Waals surface area contributed by atoms with Crippen LogP contribution >= 0.6 is 24.0 Å². The Morgan fingerprint density at radius 3 is 2.28 bits per heavy atom. The average molecular weight is 526 g/mol. The van der Waals surface area contributed by atoms with Crippen LogP contribution in [0.1, 0.15) is 37.5 Å². The molecule has 3 heterocycles. The van der Waals surface area contributed by atoms with E-state index in [1.807, 2.05) is 20.8 Å². The van der Waals surface area contributed by atoms with E-state index in [9.17, 15) is 19.2 Å². The number of nitriles is 1. The topological polar surface area (TPSA) is 72.6 Å². The predicted molar refractivity (Wildman–Crippen MR) is 147 cm³/mol. The number of piperazine rings is 1. The van der Waals surface area contributed by atoms with E-state index >= 15 is 0 Å². The van der Waals surface area contributed by atoms with Gasteiger partial charge in [-0.2, -0.15) is 5.26 Å². The van der Waals surface area contributed by atoms with Gasteiger partial charge in [0.05, 0.1) is 4.91 Å². The molecule has 188 valence electrons. The van der Waals surface area contributed by atoms with E-state index < -0.39 is 0 Å². The second kappa shape index (κ2) is 10.4. The molecule has 10 heteroatoms. The van der Waals surface area contributed by atoms with Gasteiger partial charge in [-0.25, -0.2) is 4.39 Å². The molecule has 0 unspecified atom stereocenters. The zero-order valence-electron chi connectivity index (χ0n) is 20.7. The number of hydrogen-bond acceptors (Lipinski definition) is 7. The lowest BCUT2D eigenvalue weighted by Crippen LogP contribution is -2.48. The Balaban J connectivity index is 1.77. The van der Waals surface area contributed by atoms with Crippen molar-refractivity contribution in [2.75, 3.05) is 36.0 Å². The van der Waals surface area contributed by atoms with Crippen molar-refractivity contribution in [2.45, 2.75) is 40.3 Å². The number of anilines is 2. The van der Waals surface area contributed by atoms with E-state index in [4.69, 9.17) is 12.2 Å². The maximum Gasteiger partial charge on any atom is 0.270 e. The van der Waals surface area contributed by atoms with E-state index in [1.165, 1.54) is 23.9 Å². The zero-order chi connectivity index (χ0) is 26.1. The quantitative estimate of drug-likeness (QED) is 0.430. The number of halogens is 1. The summed E-state index contributed by atoms with van der Waals surface area (Å²) in [5.74, 6) is 0.261. The van der Waals surface area contributed by atoms with Crippen LogP contribution in [0.25, 0.3) is 6.08 Å². The minimum atomic E-state index is -0.333. The van der Waals surface area contributed by atoms with Gasteiger partial charge in [-0.3, -0.25) is 19.1 Å². The SMILES string of the molecule is CCn1c(N2CCN(c3ccc(F)cc3)CC2)c(C=C2SC(=S)N(C(C)C)C2=O)c(C)c(C#N)c1=O. The Bertz CT molecular complexity index is 1340. The maximum atomic E-state index is 13.4. The second-order valence-electron chi connectivity index (χ2n) is 8.99. The number of nitrogens with zero attached hydrogens (tertiary/aromatic N) is 5. The summed E-state index contributed by atoms with van der Waals surface area (Å²) in [4.78, 5) is 32.7. The first kappa shape index (κ1) is 25.9. The third-order valence-electron chi connectivity index (χ3n) is 6.55. The summed E-state index contributed by atoms with van der Waals surface area (Å²) in [6.45, 7) is 10.4. The Kier molecular flexibility index (Phi) is 7.52. The fourth-order valence-corrected chi connectivity index (χ4v) is 6.17. The smallest absolute Gasteiger partial charge is 0.270 e. The fraction of sp³-hybridized carbons (Fsp3) is 0.385. The van der Waals surface area contributed by atoms with Gasteiger partial charge in [0.1, 0.15) is 27.6 Å². The van der Waals surface area contributed by atoms with Crippen molar-refractivity contribution in [1.29, 1.82) is 5.26 Å². The van der Waals surface area contributed by atoms with Gasteiger partial charge in [-0.1, -0.05) is 24.0 Å². The lowest BCUT2D eigenvalue weighted by molar-refractivity contribution is -0.123. The van der Waals surface area contributed by atoms with Crippen LogP contribution in [-0.2, 0) is 11.3 Å². The zero-order valence-corrected chi connectivity index (χ0v) is 22.4. The monoisotopic (exact) mass is 525 g/mol. The van der Waals surface area contributed by atoms with Gasteiger partial charge in [0.25, 0.3) is 11.5 Å². The molecule has 2 fully saturated rings. The van der Waals surface area contributed by atoms with Gasteiger partial charge in [0, 0.05) is 50.0 Å². The molecule has 2 aromatic rings. The molecule has 2 aliphatic rings. The minimum Gasteiger partial charge on any atom is -0.368 e. The van der Waals surface area contributed by atoms with Crippen molar-refractivity contribution in [1.82, 2.24) is 9.47 Å². The Morgan fingerprint density at radius 1 is 1.14 bits per heavy atom. The molecule has 7 nitrogen and oxygen atoms in total. The molecule has 2 saturated heterocycles. The number of thioether (sulfide) groups is 1. The molecular weight excluding hydrogens is 497 g/mol. The van der Waals surface area contributed by atoms with Crippen LogP contribution < -0.4 is 15.4 Å². The predicted octanol–water partition coefficient (Wildman–Crippen LogP) is 4.12. The van der Waals surface area contributed by atoms with Gasteiger partial charge in [0.15, 0.2) is 0 Å². The van der Waals surface area contributed by atoms with Crippen LogP contribution in [0.2, 0.25) is 0 Å². The molecule has 1 aromatic carbocycles. The van der Waals surface area contributed by atoms with Crippen molar-refractivity contribution in [3.8, 4) is 6.07 Å². The van der Waals surface area contributed by atoms with Crippen molar-refractivity contribution in [3.05, 3.63) is 62.0 Å². The van der Waals surface area contributed by atoms with Crippen molar-refractivity contribution in [2.24, 2.45) is 0 Å². The molecule has 0 atom stereocenters. The Labute approximate surface area is 219 Å². The number of carbonyl (C=O) groups is 1. The highest BCUT2D eigenvalue weighted by atomic mass is 32.2. The number of rotatable bonds is 5. The summed E-state index contributed by atoms with van der Waals surface area (Å²) in [7, 11) is 0. The van der Waals surface area contributed by atoms with E-state index in [-0.39, 0.29) is 28.9 Å². The van der Waals surface area contributed by atoms with E-state index in [0.717, 1.165) is 5.69 Å². The summed E-state index contributed by atoms with van der Waals surface area (Å²) >= 11 is 6.68. The number of benzene rings is 1. The highest BCUT2D eigenvalue weighted by Gasteiger charge is 2.35. The number of carbonyl (C=O) groups excluding carboxylic acids is 1. The highest BCUT2D eigenvalue weighted by Crippen LogP contribution is 2.37. The molecule has 0 N–H and O–H groups in total. The molecule has 0 bridgehead atoms. The highest BCUT2D eigenvalue weighted by molar-refractivity contribution is 8.26. The molecule has 0 spiro atoms. The molecule has 2 aliphatic heterocycles. The average Bonchev–Trinajstić information content (AvgIpc) is 3.14. The lowest BCUT2D eigenvalue weighted by atomic mass is 10.0.